The van der Waals surface area contributed by atoms with Crippen LogP contribution in [0.4, 0.5) is 4.39 Å². The average molecular weight is 291 g/mol. The molecule has 2 N–H and O–H groups in total. The van der Waals surface area contributed by atoms with Gasteiger partial charge in [0.05, 0.1) is 13.0 Å². The van der Waals surface area contributed by atoms with Crippen LogP contribution in [0.1, 0.15) is 5.56 Å². The van der Waals surface area contributed by atoms with Crippen LogP contribution in [0.3, 0.4) is 0 Å². The summed E-state index contributed by atoms with van der Waals surface area (Å²) in [5, 5.41) is 5.88. The molecule has 19 heavy (non-hydrogen) atoms. The molecule has 0 radical (unpaired) electrons. The molecule has 108 valence electrons. The molecule has 0 bridgehead atoms. The highest BCUT2D eigenvalue weighted by atomic mass is 35.5. The van der Waals surface area contributed by atoms with E-state index in [9.17, 15) is 9.18 Å². The predicted molar refractivity (Wildman–Crippen MR) is 75.1 cm³/mol. The molecule has 0 atom stereocenters. The summed E-state index contributed by atoms with van der Waals surface area (Å²) < 4.78 is 17.8. The largest absolute Gasteiger partial charge is 0.383 e. The van der Waals surface area contributed by atoms with Gasteiger partial charge in [-0.05, 0) is 17.7 Å². The van der Waals surface area contributed by atoms with Crippen LogP contribution in [-0.2, 0) is 16.0 Å². The van der Waals surface area contributed by atoms with Gasteiger partial charge in [-0.2, -0.15) is 0 Å². The van der Waals surface area contributed by atoms with Crippen LogP contribution in [-0.4, -0.2) is 39.3 Å². The van der Waals surface area contributed by atoms with Gasteiger partial charge in [-0.1, -0.05) is 12.1 Å². The van der Waals surface area contributed by atoms with Gasteiger partial charge in [0.25, 0.3) is 0 Å². The molecule has 0 saturated heterocycles. The second-order valence-electron chi connectivity index (χ2n) is 3.90. The molecule has 0 spiro atoms. The van der Waals surface area contributed by atoms with E-state index in [-0.39, 0.29) is 30.6 Å². The fourth-order valence-electron chi connectivity index (χ4n) is 1.48. The van der Waals surface area contributed by atoms with Crippen molar-refractivity contribution in [2.75, 3.05) is 33.4 Å². The number of nitrogens with one attached hydrogen (secondary N) is 2. The Balaban J connectivity index is 0.00000324. The van der Waals surface area contributed by atoms with Crippen LogP contribution in [0.25, 0.3) is 0 Å². The Kier molecular flexibility index (Phi) is 10.1. The second-order valence-corrected chi connectivity index (χ2v) is 3.90. The van der Waals surface area contributed by atoms with Crippen molar-refractivity contribution in [3.05, 3.63) is 35.6 Å². The number of carbonyl (C=O) groups excluding carboxylic acids is 1. The van der Waals surface area contributed by atoms with Crippen molar-refractivity contribution in [1.29, 1.82) is 0 Å². The van der Waals surface area contributed by atoms with E-state index in [2.05, 4.69) is 10.6 Å². The zero-order valence-electron chi connectivity index (χ0n) is 10.9. The Labute approximate surface area is 119 Å². The molecule has 1 amide bonds. The number of hydrogen-bond acceptors (Lipinski definition) is 3. The van der Waals surface area contributed by atoms with Gasteiger partial charge >= 0.3 is 0 Å². The lowest BCUT2D eigenvalue weighted by Crippen LogP contribution is -2.33. The zero-order valence-corrected chi connectivity index (χ0v) is 11.8. The minimum atomic E-state index is -0.318. The van der Waals surface area contributed by atoms with Crippen molar-refractivity contribution in [1.82, 2.24) is 10.6 Å². The lowest BCUT2D eigenvalue weighted by atomic mass is 10.1. The lowest BCUT2D eigenvalue weighted by Gasteiger charge is -2.06. The van der Waals surface area contributed by atoms with Gasteiger partial charge in [-0.3, -0.25) is 4.79 Å². The van der Waals surface area contributed by atoms with Gasteiger partial charge in [0.15, 0.2) is 0 Å². The summed E-state index contributed by atoms with van der Waals surface area (Å²) in [5.41, 5.74) is 0.680. The topological polar surface area (TPSA) is 50.4 Å². The van der Waals surface area contributed by atoms with Gasteiger partial charge in [0.2, 0.25) is 5.91 Å². The first-order valence-corrected chi connectivity index (χ1v) is 5.93. The molecule has 6 heteroatoms. The summed E-state index contributed by atoms with van der Waals surface area (Å²) >= 11 is 0. The Morgan fingerprint density at radius 2 is 2.11 bits per heavy atom. The van der Waals surface area contributed by atoms with E-state index in [4.69, 9.17) is 4.74 Å². The highest BCUT2D eigenvalue weighted by Crippen LogP contribution is 2.03. The third-order valence-corrected chi connectivity index (χ3v) is 2.36. The normalized spacial score (nSPS) is 9.79. The maximum absolute atomic E-state index is 12.9. The van der Waals surface area contributed by atoms with E-state index >= 15 is 0 Å². The van der Waals surface area contributed by atoms with Crippen LogP contribution in [0.15, 0.2) is 24.3 Å². The molecule has 1 aromatic rings. The number of hydrogen-bond donors (Lipinski definition) is 2. The van der Waals surface area contributed by atoms with Crippen molar-refractivity contribution < 1.29 is 13.9 Å². The summed E-state index contributed by atoms with van der Waals surface area (Å²) in [6.45, 7) is 2.66. The van der Waals surface area contributed by atoms with E-state index in [1.807, 2.05) is 0 Å². The molecule has 0 heterocycles. The predicted octanol–water partition coefficient (Wildman–Crippen LogP) is 1.14. The smallest absolute Gasteiger partial charge is 0.224 e. The van der Waals surface area contributed by atoms with Gasteiger partial charge in [-0.25, -0.2) is 4.39 Å². The highest BCUT2D eigenvalue weighted by Gasteiger charge is 2.03. The summed E-state index contributed by atoms with van der Waals surface area (Å²) in [4.78, 5) is 11.5. The third kappa shape index (κ3) is 8.53. The first-order chi connectivity index (χ1) is 8.72. The maximum atomic E-state index is 12.9. The van der Waals surface area contributed by atoms with Gasteiger partial charge in [0.1, 0.15) is 5.82 Å². The Morgan fingerprint density at radius 1 is 1.32 bits per heavy atom. The van der Waals surface area contributed by atoms with Gasteiger partial charge in [-0.15, -0.1) is 12.4 Å². The fourth-order valence-corrected chi connectivity index (χ4v) is 1.48. The molecule has 0 aliphatic carbocycles. The minimum Gasteiger partial charge on any atom is -0.383 e. The summed E-state index contributed by atoms with van der Waals surface area (Å²) in [7, 11) is 1.64. The summed E-state index contributed by atoms with van der Waals surface area (Å²) in [6, 6.07) is 6.07. The molecular formula is C13H20ClFN2O2. The van der Waals surface area contributed by atoms with Crippen molar-refractivity contribution in [3.63, 3.8) is 0 Å². The number of carbonyl (C=O) groups is 1. The molecule has 4 nitrogen and oxygen atoms in total. The number of methoxy groups -OCH3 is 1. The fraction of sp³-hybridized carbons (Fsp3) is 0.462. The minimum absolute atomic E-state index is 0. The number of halogens is 2. The lowest BCUT2D eigenvalue weighted by molar-refractivity contribution is -0.120. The molecule has 0 saturated carbocycles. The van der Waals surface area contributed by atoms with E-state index in [0.717, 1.165) is 6.54 Å². The average Bonchev–Trinajstić information content (AvgIpc) is 2.33. The van der Waals surface area contributed by atoms with Crippen molar-refractivity contribution >= 4 is 18.3 Å². The summed E-state index contributed by atoms with van der Waals surface area (Å²) in [6.07, 6.45) is 0.204. The quantitative estimate of drug-likeness (QED) is 0.706. The molecule has 0 aromatic heterocycles. The van der Waals surface area contributed by atoms with E-state index in [1.54, 1.807) is 19.2 Å². The number of benzene rings is 1. The number of rotatable bonds is 8. The molecule has 0 aliphatic heterocycles. The molecule has 0 fully saturated rings. The van der Waals surface area contributed by atoms with Gasteiger partial charge in [0, 0.05) is 26.7 Å². The molecule has 1 aromatic carbocycles. The molecule has 0 aliphatic rings. The maximum Gasteiger partial charge on any atom is 0.224 e. The Hall–Kier alpha value is -1.17. The Bertz CT molecular complexity index is 377. The molecule has 0 unspecified atom stereocenters. The van der Waals surface area contributed by atoms with Crippen LogP contribution in [0.5, 0.6) is 0 Å². The van der Waals surface area contributed by atoms with Crippen molar-refractivity contribution in [3.8, 4) is 0 Å². The van der Waals surface area contributed by atoms with E-state index < -0.39 is 0 Å². The highest BCUT2D eigenvalue weighted by molar-refractivity contribution is 5.85. The first-order valence-electron chi connectivity index (χ1n) is 5.93. The monoisotopic (exact) mass is 290 g/mol. The van der Waals surface area contributed by atoms with E-state index in [0.29, 0.717) is 25.3 Å². The van der Waals surface area contributed by atoms with Crippen LogP contribution >= 0.6 is 12.4 Å². The number of ether oxygens (including phenoxy) is 1. The molecule has 1 rings (SSSR count). The second kappa shape index (κ2) is 10.7. The zero-order chi connectivity index (χ0) is 13.2. The Morgan fingerprint density at radius 3 is 2.79 bits per heavy atom. The van der Waals surface area contributed by atoms with Crippen LogP contribution in [0, 0.1) is 5.82 Å². The van der Waals surface area contributed by atoms with E-state index in [1.165, 1.54) is 12.1 Å². The van der Waals surface area contributed by atoms with Crippen LogP contribution in [0.2, 0.25) is 0 Å². The van der Waals surface area contributed by atoms with Gasteiger partial charge < -0.3 is 15.4 Å². The van der Waals surface area contributed by atoms with Crippen molar-refractivity contribution in [2.45, 2.75) is 6.42 Å². The number of amides is 1. The SMILES string of the molecule is COCCNCCNC(=O)Cc1cccc(F)c1.Cl. The van der Waals surface area contributed by atoms with Crippen LogP contribution < -0.4 is 10.6 Å². The first kappa shape index (κ1) is 17.8. The van der Waals surface area contributed by atoms with Crippen molar-refractivity contribution in [2.24, 2.45) is 0 Å². The summed E-state index contributed by atoms with van der Waals surface area (Å²) in [5.74, 6) is -0.421. The standard InChI is InChI=1S/C13H19FN2O2.ClH/c1-18-8-7-15-5-6-16-13(17)10-11-3-2-4-12(14)9-11;/h2-4,9,15H,5-8,10H2,1H3,(H,16,17);1H. The molecular weight excluding hydrogens is 271 g/mol. The third-order valence-electron chi connectivity index (χ3n) is 2.36.